The SMILES string of the molecule is CCn1c(SCC(=O)Nc2scc(-c3ccc(OC)cc3)c2C(=O)OC)nnc1C(C)Oc1cc(Cl)ccc1Cl. The molecule has 2 heterocycles. The Morgan fingerprint density at radius 1 is 1.12 bits per heavy atom. The summed E-state index contributed by atoms with van der Waals surface area (Å²) in [6.45, 7) is 4.34. The Morgan fingerprint density at radius 3 is 2.55 bits per heavy atom. The highest BCUT2D eigenvalue weighted by Crippen LogP contribution is 2.37. The minimum absolute atomic E-state index is 0.0455. The van der Waals surface area contributed by atoms with Crippen LogP contribution >= 0.6 is 46.3 Å². The van der Waals surface area contributed by atoms with E-state index in [1.807, 2.05) is 35.9 Å². The van der Waals surface area contributed by atoms with Gasteiger partial charge in [0.25, 0.3) is 0 Å². The Kier molecular flexibility index (Phi) is 9.96. The topological polar surface area (TPSA) is 105 Å². The molecule has 2 aromatic heterocycles. The van der Waals surface area contributed by atoms with E-state index in [-0.39, 0.29) is 11.7 Å². The quantitative estimate of drug-likeness (QED) is 0.141. The summed E-state index contributed by atoms with van der Waals surface area (Å²) in [5, 5.41) is 15.1. The summed E-state index contributed by atoms with van der Waals surface area (Å²) in [5.74, 6) is 0.911. The molecule has 0 saturated carbocycles. The summed E-state index contributed by atoms with van der Waals surface area (Å²) >= 11 is 14.8. The molecule has 0 aliphatic heterocycles. The van der Waals surface area contributed by atoms with Crippen LogP contribution in [0.1, 0.15) is 36.1 Å². The molecule has 4 rings (SSSR count). The van der Waals surface area contributed by atoms with E-state index in [9.17, 15) is 9.59 Å². The Balaban J connectivity index is 1.46. The average Bonchev–Trinajstić information content (AvgIpc) is 3.57. The molecule has 1 amide bonds. The molecule has 13 heteroatoms. The molecule has 4 aromatic rings. The molecule has 2 aromatic carbocycles. The number of thioether (sulfide) groups is 1. The molecule has 0 aliphatic rings. The highest BCUT2D eigenvalue weighted by molar-refractivity contribution is 7.99. The van der Waals surface area contributed by atoms with Crippen LogP contribution < -0.4 is 14.8 Å². The lowest BCUT2D eigenvalue weighted by Crippen LogP contribution is -2.17. The number of rotatable bonds is 11. The van der Waals surface area contributed by atoms with Gasteiger partial charge in [-0.15, -0.1) is 21.5 Å². The maximum atomic E-state index is 12.9. The predicted molar refractivity (Wildman–Crippen MR) is 158 cm³/mol. The van der Waals surface area contributed by atoms with Gasteiger partial charge in [-0.05, 0) is 43.7 Å². The van der Waals surface area contributed by atoms with Crippen molar-refractivity contribution in [3.05, 3.63) is 69.3 Å². The monoisotopic (exact) mass is 620 g/mol. The number of nitrogens with one attached hydrogen (secondary N) is 1. The number of esters is 1. The summed E-state index contributed by atoms with van der Waals surface area (Å²) in [6.07, 6.45) is -0.475. The predicted octanol–water partition coefficient (Wildman–Crippen LogP) is 7.00. The van der Waals surface area contributed by atoms with Crippen LogP contribution in [0.5, 0.6) is 11.5 Å². The van der Waals surface area contributed by atoms with Crippen molar-refractivity contribution in [3.8, 4) is 22.6 Å². The minimum atomic E-state index is -0.542. The molecule has 1 atom stereocenters. The summed E-state index contributed by atoms with van der Waals surface area (Å²) in [7, 11) is 2.89. The largest absolute Gasteiger partial charge is 0.497 e. The summed E-state index contributed by atoms with van der Waals surface area (Å²) in [4.78, 5) is 25.6. The summed E-state index contributed by atoms with van der Waals surface area (Å²) in [6, 6.07) is 12.3. The minimum Gasteiger partial charge on any atom is -0.497 e. The fraction of sp³-hybridized carbons (Fsp3) is 0.259. The van der Waals surface area contributed by atoms with Gasteiger partial charge in [0.05, 0.1) is 25.0 Å². The number of anilines is 1. The smallest absolute Gasteiger partial charge is 0.341 e. The fourth-order valence-electron chi connectivity index (χ4n) is 3.85. The van der Waals surface area contributed by atoms with Gasteiger partial charge in [-0.2, -0.15) is 0 Å². The normalized spacial score (nSPS) is 11.7. The molecule has 0 radical (unpaired) electrons. The number of halogens is 2. The first-order chi connectivity index (χ1) is 19.2. The molecule has 0 bridgehead atoms. The number of carbonyl (C=O) groups is 2. The number of ether oxygens (including phenoxy) is 3. The van der Waals surface area contributed by atoms with Crippen molar-refractivity contribution in [3.63, 3.8) is 0 Å². The zero-order valence-corrected chi connectivity index (χ0v) is 25.2. The van der Waals surface area contributed by atoms with E-state index in [1.54, 1.807) is 37.4 Å². The van der Waals surface area contributed by atoms with Crippen molar-refractivity contribution in [1.82, 2.24) is 14.8 Å². The number of hydrogen-bond donors (Lipinski definition) is 1. The summed E-state index contributed by atoms with van der Waals surface area (Å²) in [5.41, 5.74) is 1.75. The molecule has 1 unspecified atom stereocenters. The Morgan fingerprint density at radius 2 is 1.88 bits per heavy atom. The van der Waals surface area contributed by atoms with Gasteiger partial charge >= 0.3 is 5.97 Å². The number of methoxy groups -OCH3 is 2. The zero-order chi connectivity index (χ0) is 28.8. The van der Waals surface area contributed by atoms with Crippen LogP contribution in [-0.2, 0) is 16.1 Å². The Hall–Kier alpha value is -3.25. The molecule has 0 spiro atoms. The fourth-order valence-corrected chi connectivity index (χ4v) is 5.95. The number of thiophene rings is 1. The van der Waals surface area contributed by atoms with Gasteiger partial charge in [0.15, 0.2) is 17.1 Å². The second-order valence-electron chi connectivity index (χ2n) is 8.33. The van der Waals surface area contributed by atoms with Gasteiger partial charge in [-0.25, -0.2) is 4.79 Å². The molecule has 9 nitrogen and oxygen atoms in total. The van der Waals surface area contributed by atoms with Crippen molar-refractivity contribution in [2.75, 3.05) is 25.3 Å². The van der Waals surface area contributed by atoms with Crippen molar-refractivity contribution < 1.29 is 23.8 Å². The van der Waals surface area contributed by atoms with Gasteiger partial charge in [0.1, 0.15) is 22.1 Å². The van der Waals surface area contributed by atoms with Crippen LogP contribution in [-0.4, -0.2) is 46.6 Å². The number of aromatic nitrogens is 3. The van der Waals surface area contributed by atoms with E-state index in [0.29, 0.717) is 55.2 Å². The van der Waals surface area contributed by atoms with E-state index < -0.39 is 12.1 Å². The van der Waals surface area contributed by atoms with E-state index in [2.05, 4.69) is 15.5 Å². The molecule has 210 valence electrons. The van der Waals surface area contributed by atoms with Crippen LogP contribution in [0.25, 0.3) is 11.1 Å². The van der Waals surface area contributed by atoms with Gasteiger partial charge in [-0.3, -0.25) is 4.79 Å². The number of amides is 1. The summed E-state index contributed by atoms with van der Waals surface area (Å²) < 4.78 is 18.1. The van der Waals surface area contributed by atoms with Crippen LogP contribution in [0, 0.1) is 0 Å². The third kappa shape index (κ3) is 6.72. The van der Waals surface area contributed by atoms with Crippen molar-refractivity contribution in [1.29, 1.82) is 0 Å². The number of benzene rings is 2. The van der Waals surface area contributed by atoms with Gasteiger partial charge in [-0.1, -0.05) is 47.1 Å². The van der Waals surface area contributed by atoms with Gasteiger partial charge in [0, 0.05) is 28.6 Å². The molecule has 1 N–H and O–H groups in total. The lowest BCUT2D eigenvalue weighted by Gasteiger charge is -2.16. The van der Waals surface area contributed by atoms with Crippen LogP contribution in [0.4, 0.5) is 5.00 Å². The lowest BCUT2D eigenvalue weighted by molar-refractivity contribution is -0.113. The molecule has 40 heavy (non-hydrogen) atoms. The molecule has 0 saturated heterocycles. The Bertz CT molecular complexity index is 1510. The zero-order valence-electron chi connectivity index (χ0n) is 22.1. The molecular formula is C27H26Cl2N4O5S2. The molecular weight excluding hydrogens is 595 g/mol. The first-order valence-corrected chi connectivity index (χ1v) is 14.7. The average molecular weight is 622 g/mol. The van der Waals surface area contributed by atoms with E-state index in [1.165, 1.54) is 30.2 Å². The second kappa shape index (κ2) is 13.4. The first kappa shape index (κ1) is 29.7. The highest BCUT2D eigenvalue weighted by Gasteiger charge is 2.24. The lowest BCUT2D eigenvalue weighted by atomic mass is 10.0. The van der Waals surface area contributed by atoms with Crippen LogP contribution in [0.15, 0.2) is 53.0 Å². The van der Waals surface area contributed by atoms with Crippen LogP contribution in [0.2, 0.25) is 10.0 Å². The van der Waals surface area contributed by atoms with E-state index in [0.717, 1.165) is 5.56 Å². The standard InChI is InChI=1S/C27H26Cl2N4O5S2/c1-5-33-24(15(2)38-21-12-17(28)8-11-20(21)29)31-32-27(33)40-14-22(34)30-25-23(26(35)37-4)19(13-39-25)16-6-9-18(36-3)10-7-16/h6-13,15H,5,14H2,1-4H3,(H,30,34). The highest BCUT2D eigenvalue weighted by atomic mass is 35.5. The maximum Gasteiger partial charge on any atom is 0.341 e. The van der Waals surface area contributed by atoms with Crippen molar-refractivity contribution in [2.45, 2.75) is 31.7 Å². The Labute approximate surface area is 249 Å². The number of carbonyl (C=O) groups excluding carboxylic acids is 2. The van der Waals surface area contributed by atoms with Crippen molar-refractivity contribution in [2.24, 2.45) is 0 Å². The van der Waals surface area contributed by atoms with Gasteiger partial charge in [0.2, 0.25) is 5.91 Å². The maximum absolute atomic E-state index is 12.9. The third-order valence-electron chi connectivity index (χ3n) is 5.79. The third-order valence-corrected chi connectivity index (χ3v) is 8.20. The van der Waals surface area contributed by atoms with Crippen molar-refractivity contribution >= 4 is 63.2 Å². The second-order valence-corrected chi connectivity index (χ2v) is 11.0. The van der Waals surface area contributed by atoms with Crippen LogP contribution in [0.3, 0.4) is 0 Å². The first-order valence-electron chi connectivity index (χ1n) is 12.1. The number of nitrogens with zero attached hydrogens (tertiary/aromatic N) is 3. The van der Waals surface area contributed by atoms with E-state index >= 15 is 0 Å². The molecule has 0 fully saturated rings. The van der Waals surface area contributed by atoms with Gasteiger partial charge < -0.3 is 24.1 Å². The molecule has 0 aliphatic carbocycles. The number of hydrogen-bond acceptors (Lipinski definition) is 9. The van der Waals surface area contributed by atoms with E-state index in [4.69, 9.17) is 37.4 Å².